The second kappa shape index (κ2) is 6.75. The normalized spacial score (nSPS) is 10.6. The highest BCUT2D eigenvalue weighted by Gasteiger charge is 2.03. The molecule has 0 aromatic heterocycles. The Bertz CT molecular complexity index is 655. The lowest BCUT2D eigenvalue weighted by Crippen LogP contribution is -1.94. The van der Waals surface area contributed by atoms with Crippen LogP contribution in [0.1, 0.15) is 21.5 Å². The van der Waals surface area contributed by atoms with Gasteiger partial charge in [-0.1, -0.05) is 12.1 Å². The van der Waals surface area contributed by atoms with Gasteiger partial charge in [0, 0.05) is 5.56 Å². The number of ether oxygens (including phenoxy) is 2. The molecule has 0 bridgehead atoms. The zero-order valence-corrected chi connectivity index (χ0v) is 12.4. The minimum atomic E-state index is -0.0344. The fourth-order valence-electron chi connectivity index (χ4n) is 1.98. The van der Waals surface area contributed by atoms with Crippen molar-refractivity contribution in [3.63, 3.8) is 0 Å². The molecule has 108 valence electrons. The number of ketones is 1. The maximum Gasteiger partial charge on any atom is 0.185 e. The molecule has 21 heavy (non-hydrogen) atoms. The first kappa shape index (κ1) is 14.9. The Balaban J connectivity index is 2.14. The summed E-state index contributed by atoms with van der Waals surface area (Å²) in [5.74, 6) is 1.51. The summed E-state index contributed by atoms with van der Waals surface area (Å²) in [5, 5.41) is 0. The Labute approximate surface area is 124 Å². The van der Waals surface area contributed by atoms with Crippen molar-refractivity contribution in [1.82, 2.24) is 0 Å². The van der Waals surface area contributed by atoms with Crippen molar-refractivity contribution in [3.8, 4) is 11.5 Å². The molecule has 2 aromatic carbocycles. The molecule has 0 aliphatic heterocycles. The Morgan fingerprint density at radius 1 is 0.952 bits per heavy atom. The number of carbonyl (C=O) groups is 1. The van der Waals surface area contributed by atoms with Gasteiger partial charge in [0.2, 0.25) is 0 Å². The highest BCUT2D eigenvalue weighted by atomic mass is 16.5. The molecule has 0 aliphatic rings. The van der Waals surface area contributed by atoms with E-state index >= 15 is 0 Å². The Hall–Kier alpha value is -2.55. The maximum absolute atomic E-state index is 12.1. The van der Waals surface area contributed by atoms with Gasteiger partial charge in [-0.2, -0.15) is 0 Å². The van der Waals surface area contributed by atoms with Gasteiger partial charge in [0.05, 0.1) is 14.2 Å². The predicted molar refractivity (Wildman–Crippen MR) is 84.1 cm³/mol. The molecule has 0 fully saturated rings. The Morgan fingerprint density at radius 3 is 2.14 bits per heavy atom. The van der Waals surface area contributed by atoms with Gasteiger partial charge in [0.15, 0.2) is 5.78 Å². The van der Waals surface area contributed by atoms with Gasteiger partial charge >= 0.3 is 0 Å². The molecule has 0 N–H and O–H groups in total. The zero-order chi connectivity index (χ0) is 15.2. The van der Waals surface area contributed by atoms with Gasteiger partial charge < -0.3 is 9.47 Å². The summed E-state index contributed by atoms with van der Waals surface area (Å²) in [7, 11) is 3.24. The number of benzene rings is 2. The van der Waals surface area contributed by atoms with Crippen LogP contribution in [0, 0.1) is 6.92 Å². The largest absolute Gasteiger partial charge is 0.497 e. The van der Waals surface area contributed by atoms with E-state index in [1.165, 1.54) is 0 Å². The van der Waals surface area contributed by atoms with Crippen LogP contribution in [0.2, 0.25) is 0 Å². The highest BCUT2D eigenvalue weighted by Crippen LogP contribution is 2.18. The van der Waals surface area contributed by atoms with Crippen molar-refractivity contribution in [2.75, 3.05) is 14.2 Å². The topological polar surface area (TPSA) is 35.5 Å². The fraction of sp³-hybridized carbons (Fsp3) is 0.167. The van der Waals surface area contributed by atoms with Crippen molar-refractivity contribution in [1.29, 1.82) is 0 Å². The van der Waals surface area contributed by atoms with E-state index in [-0.39, 0.29) is 5.78 Å². The molecule has 0 atom stereocenters. The predicted octanol–water partition coefficient (Wildman–Crippen LogP) is 3.91. The minimum Gasteiger partial charge on any atom is -0.497 e. The minimum absolute atomic E-state index is 0.0344. The van der Waals surface area contributed by atoms with E-state index in [9.17, 15) is 4.79 Å². The number of hydrogen-bond acceptors (Lipinski definition) is 3. The third-order valence-electron chi connectivity index (χ3n) is 3.27. The number of aryl methyl sites for hydroxylation is 1. The summed E-state index contributed by atoms with van der Waals surface area (Å²) in [6, 6.07) is 12.8. The van der Waals surface area contributed by atoms with Crippen LogP contribution < -0.4 is 9.47 Å². The average molecular weight is 282 g/mol. The molecule has 3 nitrogen and oxygen atoms in total. The SMILES string of the molecule is COc1ccc(C(=O)/C=C/c2ccc(OC)cc2C)cc1. The van der Waals surface area contributed by atoms with E-state index in [4.69, 9.17) is 9.47 Å². The second-order valence-corrected chi connectivity index (χ2v) is 4.65. The molecular formula is C18H18O3. The van der Waals surface area contributed by atoms with Crippen molar-refractivity contribution < 1.29 is 14.3 Å². The third kappa shape index (κ3) is 3.72. The van der Waals surface area contributed by atoms with E-state index in [2.05, 4.69) is 0 Å². The summed E-state index contributed by atoms with van der Waals surface area (Å²) >= 11 is 0. The van der Waals surface area contributed by atoms with Crippen LogP contribution in [0.15, 0.2) is 48.5 Å². The molecule has 2 rings (SSSR count). The summed E-state index contributed by atoms with van der Waals surface area (Å²) in [6.07, 6.45) is 3.40. The Morgan fingerprint density at radius 2 is 1.57 bits per heavy atom. The van der Waals surface area contributed by atoms with Crippen LogP contribution in [-0.2, 0) is 0 Å². The van der Waals surface area contributed by atoms with Gasteiger partial charge in [-0.3, -0.25) is 4.79 Å². The zero-order valence-electron chi connectivity index (χ0n) is 12.4. The molecule has 0 saturated heterocycles. The number of carbonyl (C=O) groups excluding carboxylic acids is 1. The summed E-state index contributed by atoms with van der Waals surface area (Å²) < 4.78 is 10.2. The first-order valence-corrected chi connectivity index (χ1v) is 6.65. The monoisotopic (exact) mass is 282 g/mol. The van der Waals surface area contributed by atoms with E-state index in [1.807, 2.05) is 31.2 Å². The smallest absolute Gasteiger partial charge is 0.185 e. The molecular weight excluding hydrogens is 264 g/mol. The van der Waals surface area contributed by atoms with Crippen LogP contribution in [0.4, 0.5) is 0 Å². The van der Waals surface area contributed by atoms with Crippen LogP contribution in [0.3, 0.4) is 0 Å². The summed E-state index contributed by atoms with van der Waals surface area (Å²) in [5.41, 5.74) is 2.70. The molecule has 0 saturated carbocycles. The van der Waals surface area contributed by atoms with Crippen molar-refractivity contribution in [3.05, 3.63) is 65.2 Å². The first-order valence-electron chi connectivity index (χ1n) is 6.65. The molecule has 0 unspecified atom stereocenters. The van der Waals surface area contributed by atoms with Crippen molar-refractivity contribution >= 4 is 11.9 Å². The van der Waals surface area contributed by atoms with Crippen LogP contribution >= 0.6 is 0 Å². The number of hydrogen-bond donors (Lipinski definition) is 0. The van der Waals surface area contributed by atoms with Crippen molar-refractivity contribution in [2.24, 2.45) is 0 Å². The molecule has 0 heterocycles. The molecule has 0 radical (unpaired) electrons. The highest BCUT2D eigenvalue weighted by molar-refractivity contribution is 6.06. The van der Waals surface area contributed by atoms with Crippen molar-refractivity contribution in [2.45, 2.75) is 6.92 Å². The number of rotatable bonds is 5. The van der Waals surface area contributed by atoms with Gasteiger partial charge in [-0.05, 0) is 60.5 Å². The fourth-order valence-corrected chi connectivity index (χ4v) is 1.98. The average Bonchev–Trinajstić information content (AvgIpc) is 2.53. The van der Waals surface area contributed by atoms with E-state index in [0.29, 0.717) is 5.56 Å². The van der Waals surface area contributed by atoms with E-state index in [1.54, 1.807) is 44.6 Å². The summed E-state index contributed by atoms with van der Waals surface area (Å²) in [6.45, 7) is 1.99. The third-order valence-corrected chi connectivity index (χ3v) is 3.27. The number of allylic oxidation sites excluding steroid dienone is 1. The lowest BCUT2D eigenvalue weighted by molar-refractivity contribution is 0.104. The second-order valence-electron chi connectivity index (χ2n) is 4.65. The van der Waals surface area contributed by atoms with Gasteiger partial charge in [0.1, 0.15) is 11.5 Å². The molecule has 0 spiro atoms. The van der Waals surface area contributed by atoms with Gasteiger partial charge in [-0.15, -0.1) is 0 Å². The quantitative estimate of drug-likeness (QED) is 0.616. The van der Waals surface area contributed by atoms with Gasteiger partial charge in [-0.25, -0.2) is 0 Å². The molecule has 0 aliphatic carbocycles. The van der Waals surface area contributed by atoms with Gasteiger partial charge in [0.25, 0.3) is 0 Å². The van der Waals surface area contributed by atoms with Crippen LogP contribution in [0.5, 0.6) is 11.5 Å². The molecule has 0 amide bonds. The first-order chi connectivity index (χ1) is 10.1. The number of methoxy groups -OCH3 is 2. The lowest BCUT2D eigenvalue weighted by atomic mass is 10.1. The van der Waals surface area contributed by atoms with E-state index in [0.717, 1.165) is 22.6 Å². The Kier molecular flexibility index (Phi) is 4.77. The van der Waals surface area contributed by atoms with E-state index < -0.39 is 0 Å². The van der Waals surface area contributed by atoms with Crippen LogP contribution in [0.25, 0.3) is 6.08 Å². The molecule has 3 heteroatoms. The molecule has 2 aromatic rings. The lowest BCUT2D eigenvalue weighted by Gasteiger charge is -2.04. The maximum atomic E-state index is 12.1. The van der Waals surface area contributed by atoms with Crippen LogP contribution in [-0.4, -0.2) is 20.0 Å². The standard InChI is InChI=1S/C18H18O3/c1-13-12-17(21-3)10-4-14(13)7-11-18(19)15-5-8-16(20-2)9-6-15/h4-12H,1-3H3/b11-7+. The summed E-state index contributed by atoms with van der Waals surface area (Å²) in [4.78, 5) is 12.1.